The molecular formula is C17H21N3O3. The molecule has 2 amide bonds. The van der Waals surface area contributed by atoms with Gasteiger partial charge in [0.1, 0.15) is 11.9 Å². The molecule has 23 heavy (non-hydrogen) atoms. The second-order valence-electron chi connectivity index (χ2n) is 5.65. The van der Waals surface area contributed by atoms with Crippen molar-refractivity contribution >= 4 is 11.7 Å². The van der Waals surface area contributed by atoms with Crippen molar-refractivity contribution in [3.8, 4) is 0 Å². The number of amides is 2. The second-order valence-corrected chi connectivity index (χ2v) is 5.65. The zero-order chi connectivity index (χ0) is 16.1. The molecule has 1 aromatic carbocycles. The van der Waals surface area contributed by atoms with E-state index in [0.29, 0.717) is 5.76 Å². The second kappa shape index (κ2) is 7.19. The number of hydrogen-bond acceptors (Lipinski definition) is 4. The van der Waals surface area contributed by atoms with Crippen LogP contribution in [0.1, 0.15) is 18.3 Å². The van der Waals surface area contributed by atoms with Gasteiger partial charge in [0.2, 0.25) is 0 Å². The van der Waals surface area contributed by atoms with E-state index in [1.54, 1.807) is 12.1 Å². The molecule has 0 bridgehead atoms. The Morgan fingerprint density at radius 3 is 2.87 bits per heavy atom. The molecule has 122 valence electrons. The SMILES string of the molecule is O=C(NCC(O)c1ccco1)NC1CCN(c2ccccc2)C1. The number of anilines is 1. The highest BCUT2D eigenvalue weighted by molar-refractivity contribution is 5.74. The van der Waals surface area contributed by atoms with Gasteiger partial charge in [0.15, 0.2) is 0 Å². The number of benzene rings is 1. The number of urea groups is 1. The van der Waals surface area contributed by atoms with Crippen LogP contribution < -0.4 is 15.5 Å². The van der Waals surface area contributed by atoms with Gasteiger partial charge in [-0.2, -0.15) is 0 Å². The third kappa shape index (κ3) is 4.04. The first kappa shape index (κ1) is 15.4. The lowest BCUT2D eigenvalue weighted by atomic mass is 10.2. The average molecular weight is 315 g/mol. The van der Waals surface area contributed by atoms with Crippen LogP contribution in [0.3, 0.4) is 0 Å². The van der Waals surface area contributed by atoms with Crippen LogP contribution in [-0.2, 0) is 0 Å². The van der Waals surface area contributed by atoms with Crippen molar-refractivity contribution in [1.29, 1.82) is 0 Å². The van der Waals surface area contributed by atoms with Crippen molar-refractivity contribution in [2.45, 2.75) is 18.6 Å². The Labute approximate surface area is 135 Å². The van der Waals surface area contributed by atoms with Crippen LogP contribution in [0.5, 0.6) is 0 Å². The van der Waals surface area contributed by atoms with Gasteiger partial charge >= 0.3 is 6.03 Å². The van der Waals surface area contributed by atoms with E-state index in [2.05, 4.69) is 27.7 Å². The summed E-state index contributed by atoms with van der Waals surface area (Å²) in [4.78, 5) is 14.2. The Balaban J connectivity index is 1.42. The number of carbonyl (C=O) groups is 1. The first-order valence-corrected chi connectivity index (χ1v) is 7.78. The molecule has 1 aliphatic rings. The number of aliphatic hydroxyl groups is 1. The number of furan rings is 1. The average Bonchev–Trinajstić information content (AvgIpc) is 3.25. The Hall–Kier alpha value is -2.47. The van der Waals surface area contributed by atoms with Gasteiger partial charge in [-0.05, 0) is 30.7 Å². The molecule has 2 heterocycles. The van der Waals surface area contributed by atoms with E-state index in [4.69, 9.17) is 4.42 Å². The quantitative estimate of drug-likeness (QED) is 0.787. The third-order valence-electron chi connectivity index (χ3n) is 3.97. The molecule has 1 fully saturated rings. The number of nitrogens with zero attached hydrogens (tertiary/aromatic N) is 1. The topological polar surface area (TPSA) is 77.7 Å². The Morgan fingerprint density at radius 2 is 2.13 bits per heavy atom. The van der Waals surface area contributed by atoms with Crippen molar-refractivity contribution in [3.05, 3.63) is 54.5 Å². The van der Waals surface area contributed by atoms with E-state index < -0.39 is 6.10 Å². The smallest absolute Gasteiger partial charge is 0.315 e. The van der Waals surface area contributed by atoms with Crippen LogP contribution in [-0.4, -0.2) is 36.8 Å². The van der Waals surface area contributed by atoms with Gasteiger partial charge in [-0.1, -0.05) is 18.2 Å². The Morgan fingerprint density at radius 1 is 1.30 bits per heavy atom. The van der Waals surface area contributed by atoms with Crippen molar-refractivity contribution in [1.82, 2.24) is 10.6 Å². The van der Waals surface area contributed by atoms with Crippen LogP contribution >= 0.6 is 0 Å². The van der Waals surface area contributed by atoms with Gasteiger partial charge in [0, 0.05) is 24.8 Å². The fourth-order valence-corrected chi connectivity index (χ4v) is 2.76. The molecule has 1 aromatic heterocycles. The maximum absolute atomic E-state index is 11.9. The number of aliphatic hydroxyl groups excluding tert-OH is 1. The van der Waals surface area contributed by atoms with Gasteiger partial charge in [0.25, 0.3) is 0 Å². The Kier molecular flexibility index (Phi) is 4.83. The summed E-state index contributed by atoms with van der Waals surface area (Å²) in [6.45, 7) is 1.83. The van der Waals surface area contributed by atoms with E-state index in [1.165, 1.54) is 12.0 Å². The maximum Gasteiger partial charge on any atom is 0.315 e. The summed E-state index contributed by atoms with van der Waals surface area (Å²) in [5, 5.41) is 15.5. The van der Waals surface area contributed by atoms with E-state index >= 15 is 0 Å². The number of carbonyl (C=O) groups excluding carboxylic acids is 1. The fraction of sp³-hybridized carbons (Fsp3) is 0.353. The summed E-state index contributed by atoms with van der Waals surface area (Å²) in [6.07, 6.45) is 1.57. The predicted octanol–water partition coefficient (Wildman–Crippen LogP) is 1.89. The van der Waals surface area contributed by atoms with Gasteiger partial charge < -0.3 is 25.1 Å². The fourth-order valence-electron chi connectivity index (χ4n) is 2.76. The molecule has 0 aliphatic carbocycles. The van der Waals surface area contributed by atoms with Gasteiger partial charge in [-0.3, -0.25) is 0 Å². The lowest BCUT2D eigenvalue weighted by molar-refractivity contribution is 0.147. The van der Waals surface area contributed by atoms with Crippen LogP contribution in [0.2, 0.25) is 0 Å². The first-order chi connectivity index (χ1) is 11.2. The lowest BCUT2D eigenvalue weighted by Crippen LogP contribution is -2.44. The van der Waals surface area contributed by atoms with E-state index in [-0.39, 0.29) is 18.6 Å². The van der Waals surface area contributed by atoms with Gasteiger partial charge in [-0.25, -0.2) is 4.79 Å². The maximum atomic E-state index is 11.9. The minimum absolute atomic E-state index is 0.107. The van der Waals surface area contributed by atoms with Crippen molar-refractivity contribution in [3.63, 3.8) is 0 Å². The van der Waals surface area contributed by atoms with E-state index in [9.17, 15) is 9.90 Å². The highest BCUT2D eigenvalue weighted by Gasteiger charge is 2.24. The summed E-state index contributed by atoms with van der Waals surface area (Å²) in [6, 6.07) is 13.4. The molecule has 1 saturated heterocycles. The number of para-hydroxylation sites is 1. The van der Waals surface area contributed by atoms with E-state index in [0.717, 1.165) is 19.5 Å². The molecule has 2 unspecified atom stereocenters. The predicted molar refractivity (Wildman–Crippen MR) is 87.3 cm³/mol. The minimum atomic E-state index is -0.833. The standard InChI is InChI=1S/C17H21N3O3/c21-15(16-7-4-10-23-16)11-18-17(22)19-13-8-9-20(12-13)14-5-2-1-3-6-14/h1-7,10,13,15,21H,8-9,11-12H2,(H2,18,19,22). The molecule has 3 rings (SSSR count). The zero-order valence-corrected chi connectivity index (χ0v) is 12.8. The summed E-state index contributed by atoms with van der Waals surface area (Å²) in [5.41, 5.74) is 1.17. The zero-order valence-electron chi connectivity index (χ0n) is 12.8. The molecular weight excluding hydrogens is 294 g/mol. The van der Waals surface area contributed by atoms with Gasteiger partial charge in [0.05, 0.1) is 12.8 Å². The number of hydrogen-bond donors (Lipinski definition) is 3. The molecule has 2 aromatic rings. The highest BCUT2D eigenvalue weighted by Crippen LogP contribution is 2.19. The molecule has 3 N–H and O–H groups in total. The summed E-state index contributed by atoms with van der Waals surface area (Å²) >= 11 is 0. The molecule has 6 heteroatoms. The van der Waals surface area contributed by atoms with Crippen molar-refractivity contribution in [2.24, 2.45) is 0 Å². The molecule has 1 aliphatic heterocycles. The van der Waals surface area contributed by atoms with Gasteiger partial charge in [-0.15, -0.1) is 0 Å². The van der Waals surface area contributed by atoms with Crippen LogP contribution in [0, 0.1) is 0 Å². The largest absolute Gasteiger partial charge is 0.467 e. The normalized spacial score (nSPS) is 18.7. The summed E-state index contributed by atoms with van der Waals surface area (Å²) < 4.78 is 5.10. The highest BCUT2D eigenvalue weighted by atomic mass is 16.4. The monoisotopic (exact) mass is 315 g/mol. The van der Waals surface area contributed by atoms with Crippen LogP contribution in [0.15, 0.2) is 53.1 Å². The Bertz CT molecular complexity index is 615. The first-order valence-electron chi connectivity index (χ1n) is 7.78. The molecule has 0 radical (unpaired) electrons. The van der Waals surface area contributed by atoms with E-state index in [1.807, 2.05) is 18.2 Å². The summed E-state index contributed by atoms with van der Waals surface area (Å²) in [7, 11) is 0. The van der Waals surface area contributed by atoms with Crippen molar-refractivity contribution in [2.75, 3.05) is 24.5 Å². The van der Waals surface area contributed by atoms with Crippen LogP contribution in [0.25, 0.3) is 0 Å². The minimum Gasteiger partial charge on any atom is -0.467 e. The number of nitrogens with one attached hydrogen (secondary N) is 2. The van der Waals surface area contributed by atoms with Crippen LogP contribution in [0.4, 0.5) is 10.5 Å². The molecule has 2 atom stereocenters. The number of rotatable bonds is 5. The third-order valence-corrected chi connectivity index (χ3v) is 3.97. The molecule has 6 nitrogen and oxygen atoms in total. The lowest BCUT2D eigenvalue weighted by Gasteiger charge is -2.19. The van der Waals surface area contributed by atoms with Crippen molar-refractivity contribution < 1.29 is 14.3 Å². The molecule has 0 spiro atoms. The summed E-state index contributed by atoms with van der Waals surface area (Å²) in [5.74, 6) is 0.446. The molecule has 0 saturated carbocycles.